The molecule has 0 aromatic rings. The fourth-order valence-corrected chi connectivity index (χ4v) is 0.123. The molecule has 0 atom stereocenters. The number of hydrogen-bond donors (Lipinski definition) is 2. The van der Waals surface area contributed by atoms with Crippen LogP contribution in [0.4, 0.5) is 0 Å². The average molecular weight is 129 g/mol. The summed E-state index contributed by atoms with van der Waals surface area (Å²) in [5, 5.41) is 7.83. The van der Waals surface area contributed by atoms with E-state index in [0.717, 1.165) is 0 Å². The van der Waals surface area contributed by atoms with Gasteiger partial charge >= 0.3 is 5.97 Å². The van der Waals surface area contributed by atoms with Crippen LogP contribution in [0, 0.1) is 0 Å². The molecule has 7 heavy (non-hydrogen) atoms. The Morgan fingerprint density at radius 3 is 2.14 bits per heavy atom. The molecule has 0 aromatic heterocycles. The molecule has 2 radical (unpaired) electrons. The van der Waals surface area contributed by atoms with E-state index in [1.807, 2.05) is 0 Å². The molecule has 0 saturated heterocycles. The topological polar surface area (TPSA) is 63.3 Å². The van der Waals surface area contributed by atoms with E-state index in [-0.39, 0.29) is 50.7 Å². The fourth-order valence-electron chi connectivity index (χ4n) is 0.123. The Hall–Kier alpha value is 0.690. The summed E-state index contributed by atoms with van der Waals surface area (Å²) in [5.41, 5.74) is 4.85. The third-order valence-corrected chi connectivity index (χ3v) is 0.358. The van der Waals surface area contributed by atoms with E-state index in [1.54, 1.807) is 0 Å². The first-order valence-corrected chi connectivity index (χ1v) is 1.69. The summed E-state index contributed by atoms with van der Waals surface area (Å²) in [4.78, 5) is 9.52. The van der Waals surface area contributed by atoms with Crippen molar-refractivity contribution in [2.45, 2.75) is 6.42 Å². The van der Waals surface area contributed by atoms with E-state index in [0.29, 0.717) is 0 Å². The quantitative estimate of drug-likeness (QED) is 0.472. The maximum Gasteiger partial charge on any atom is 0.304 e. The van der Waals surface area contributed by atoms with Gasteiger partial charge in [-0.2, -0.15) is 0 Å². The van der Waals surface area contributed by atoms with Crippen LogP contribution in [0.3, 0.4) is 0 Å². The van der Waals surface area contributed by atoms with E-state index in [2.05, 4.69) is 0 Å². The smallest absolute Gasteiger partial charge is 0.304 e. The van der Waals surface area contributed by atoms with Crippen LogP contribution < -0.4 is 5.73 Å². The second-order valence-corrected chi connectivity index (χ2v) is 0.932. The summed E-state index contributed by atoms with van der Waals surface area (Å²) in [6.45, 7) is 0.231. The van der Waals surface area contributed by atoms with Crippen LogP contribution in [-0.2, 0) is 4.79 Å². The van der Waals surface area contributed by atoms with Crippen LogP contribution in [-0.4, -0.2) is 55.4 Å². The van der Waals surface area contributed by atoms with E-state index in [4.69, 9.17) is 10.8 Å². The van der Waals surface area contributed by atoms with Crippen LogP contribution in [0.15, 0.2) is 0 Å². The van der Waals surface area contributed by atoms with Crippen molar-refractivity contribution < 1.29 is 9.90 Å². The first-order chi connectivity index (χ1) is 2.77. The van der Waals surface area contributed by atoms with Crippen molar-refractivity contribution >= 4 is 43.7 Å². The third-order valence-electron chi connectivity index (χ3n) is 0.358. The van der Waals surface area contributed by atoms with Crippen molar-refractivity contribution in [3.63, 3.8) is 0 Å². The molecule has 0 unspecified atom stereocenters. The Bertz CT molecular complexity index is 56.9. The minimum Gasteiger partial charge on any atom is -0.481 e. The molecule has 38 valence electrons. The molecule has 4 heteroatoms. The van der Waals surface area contributed by atoms with Crippen LogP contribution in [0.25, 0.3) is 0 Å². The van der Waals surface area contributed by atoms with Crippen molar-refractivity contribution in [2.24, 2.45) is 5.73 Å². The van der Waals surface area contributed by atoms with Crippen molar-refractivity contribution in [2.75, 3.05) is 6.54 Å². The zero-order chi connectivity index (χ0) is 4.99. The molecule has 3 nitrogen and oxygen atoms in total. The molecule has 0 heterocycles. The van der Waals surface area contributed by atoms with Gasteiger partial charge in [0.2, 0.25) is 0 Å². The van der Waals surface area contributed by atoms with E-state index in [1.165, 1.54) is 0 Å². The number of carbonyl (C=O) groups is 1. The second-order valence-electron chi connectivity index (χ2n) is 0.932. The van der Waals surface area contributed by atoms with Gasteiger partial charge < -0.3 is 10.8 Å². The average Bonchev–Trinajstić information content (AvgIpc) is 1.35. The zero-order valence-corrected chi connectivity index (χ0v) is 6.26. The summed E-state index contributed by atoms with van der Waals surface area (Å²) in [7, 11) is 0. The van der Waals surface area contributed by atoms with Gasteiger partial charge in [0.15, 0.2) is 0 Å². The number of nitrogens with two attached hydrogens (primary N) is 1. The first-order valence-electron chi connectivity index (χ1n) is 1.69. The van der Waals surface area contributed by atoms with Crippen LogP contribution in [0.2, 0.25) is 0 Å². The van der Waals surface area contributed by atoms with Gasteiger partial charge in [-0.3, -0.25) is 4.79 Å². The molecule has 0 aromatic carbocycles. The van der Waals surface area contributed by atoms with Crippen molar-refractivity contribution in [3.8, 4) is 0 Å². The van der Waals surface area contributed by atoms with Crippen molar-refractivity contribution in [1.29, 1.82) is 0 Å². The summed E-state index contributed by atoms with van der Waals surface area (Å²) in [5.74, 6) is -0.836. The normalized spacial score (nSPS) is 7.00. The molecule has 0 fully saturated rings. The first kappa shape index (κ1) is 10.6. The van der Waals surface area contributed by atoms with Crippen LogP contribution in [0.5, 0.6) is 0 Å². The Kier molecular flexibility index (Phi) is 10.2. The minimum absolute atomic E-state index is 0. The molecular formula is C3H7CaNO2. The molecule has 0 rings (SSSR count). The van der Waals surface area contributed by atoms with Gasteiger partial charge in [0, 0.05) is 44.3 Å². The Balaban J connectivity index is 0. The number of carboxylic acid groups (broad SMARTS) is 1. The predicted molar refractivity (Wildman–Crippen MR) is 27.1 cm³/mol. The molecule has 0 bridgehead atoms. The van der Waals surface area contributed by atoms with Gasteiger partial charge in [0.25, 0.3) is 0 Å². The molecule has 0 amide bonds. The second kappa shape index (κ2) is 6.69. The molecule has 3 N–H and O–H groups in total. The number of hydrogen-bond acceptors (Lipinski definition) is 2. The standard InChI is InChI=1S/C3H7NO2.Ca/c4-2-1-3(5)6;/h1-2,4H2,(H,5,6);. The summed E-state index contributed by atoms with van der Waals surface area (Å²) in [6.07, 6.45) is 0.0694. The Labute approximate surface area is 71.9 Å². The number of carboxylic acids is 1. The maximum absolute atomic E-state index is 9.52. The van der Waals surface area contributed by atoms with E-state index in [9.17, 15) is 4.79 Å². The third kappa shape index (κ3) is 10.8. The summed E-state index contributed by atoms with van der Waals surface area (Å²) in [6, 6.07) is 0. The van der Waals surface area contributed by atoms with Gasteiger partial charge in [-0.05, 0) is 0 Å². The van der Waals surface area contributed by atoms with Gasteiger partial charge in [0.1, 0.15) is 0 Å². The van der Waals surface area contributed by atoms with Crippen LogP contribution in [0.1, 0.15) is 6.42 Å². The fraction of sp³-hybridized carbons (Fsp3) is 0.667. The monoisotopic (exact) mass is 129 g/mol. The van der Waals surface area contributed by atoms with Gasteiger partial charge in [-0.15, -0.1) is 0 Å². The Morgan fingerprint density at radius 1 is 1.71 bits per heavy atom. The zero-order valence-electron chi connectivity index (χ0n) is 4.05. The maximum atomic E-state index is 9.52. The molecule has 0 aliphatic rings. The minimum atomic E-state index is -0.836. The van der Waals surface area contributed by atoms with E-state index >= 15 is 0 Å². The van der Waals surface area contributed by atoms with Crippen molar-refractivity contribution in [1.82, 2.24) is 0 Å². The van der Waals surface area contributed by atoms with Crippen LogP contribution >= 0.6 is 0 Å². The number of aliphatic carboxylic acids is 1. The molecule has 0 saturated carbocycles. The summed E-state index contributed by atoms with van der Waals surface area (Å²) < 4.78 is 0. The van der Waals surface area contributed by atoms with Gasteiger partial charge in [-0.25, -0.2) is 0 Å². The van der Waals surface area contributed by atoms with Gasteiger partial charge in [-0.1, -0.05) is 0 Å². The van der Waals surface area contributed by atoms with Crippen molar-refractivity contribution in [3.05, 3.63) is 0 Å². The molecule has 0 aliphatic carbocycles. The van der Waals surface area contributed by atoms with Gasteiger partial charge in [0.05, 0.1) is 6.42 Å². The molecular weight excluding hydrogens is 122 g/mol. The van der Waals surface area contributed by atoms with E-state index < -0.39 is 5.97 Å². The molecule has 0 spiro atoms. The number of rotatable bonds is 2. The predicted octanol–water partition coefficient (Wildman–Crippen LogP) is -0.961. The largest absolute Gasteiger partial charge is 0.481 e. The molecule has 0 aliphatic heterocycles. The summed E-state index contributed by atoms with van der Waals surface area (Å²) >= 11 is 0. The Morgan fingerprint density at radius 2 is 2.14 bits per heavy atom. The SMILES string of the molecule is NCCC(=O)O.[Ca].